The van der Waals surface area contributed by atoms with Crippen molar-refractivity contribution in [1.29, 1.82) is 0 Å². The van der Waals surface area contributed by atoms with Crippen molar-refractivity contribution < 1.29 is 9.53 Å². The van der Waals surface area contributed by atoms with Gasteiger partial charge in [-0.3, -0.25) is 4.79 Å². The van der Waals surface area contributed by atoms with E-state index in [1.165, 1.54) is 0 Å². The van der Waals surface area contributed by atoms with Gasteiger partial charge in [0.2, 0.25) is 0 Å². The Morgan fingerprint density at radius 3 is 2.65 bits per heavy atom. The van der Waals surface area contributed by atoms with Crippen LogP contribution in [0.3, 0.4) is 0 Å². The highest BCUT2D eigenvalue weighted by Crippen LogP contribution is 2.36. The van der Waals surface area contributed by atoms with Crippen molar-refractivity contribution in [2.45, 2.75) is 0 Å². The Morgan fingerprint density at radius 2 is 1.92 bits per heavy atom. The molecule has 3 rings (SSSR count). The lowest BCUT2D eigenvalue weighted by Crippen LogP contribution is -2.24. The minimum Gasteiger partial charge on any atom is -0.481 e. The average molecular weight is 544 g/mol. The quantitative estimate of drug-likeness (QED) is 0.364. The zero-order valence-corrected chi connectivity index (χ0v) is 18.4. The fourth-order valence-electron chi connectivity index (χ4n) is 2.49. The first kappa shape index (κ1) is 19.1. The van der Waals surface area contributed by atoms with Crippen molar-refractivity contribution in [3.63, 3.8) is 0 Å². The van der Waals surface area contributed by atoms with Crippen LogP contribution in [0.15, 0.2) is 61.1 Å². The van der Waals surface area contributed by atoms with E-state index >= 15 is 0 Å². The van der Waals surface area contributed by atoms with Crippen molar-refractivity contribution in [3.8, 4) is 5.75 Å². The summed E-state index contributed by atoms with van der Waals surface area (Å²) in [6.45, 7) is -0.147. The van der Waals surface area contributed by atoms with Gasteiger partial charge in [-0.05, 0) is 50.1 Å². The van der Waals surface area contributed by atoms with Crippen LogP contribution in [0.1, 0.15) is 5.56 Å². The van der Waals surface area contributed by atoms with Crippen LogP contribution >= 0.6 is 47.8 Å². The lowest BCUT2D eigenvalue weighted by molar-refractivity contribution is -0.123. The number of amides is 1. The number of nitrogens with one attached hydrogen (secondary N) is 1. The number of carbonyl (C=O) groups excluding carboxylic acids is 1. The van der Waals surface area contributed by atoms with E-state index in [2.05, 4.69) is 58.3 Å². The van der Waals surface area contributed by atoms with E-state index < -0.39 is 0 Å². The number of hydrazone groups is 1. The Kier molecular flexibility index (Phi) is 6.16. The number of ether oxygens (including phenoxy) is 1. The largest absolute Gasteiger partial charge is 0.481 e. The molecule has 1 aromatic heterocycles. The number of rotatable bonds is 5. The molecule has 0 saturated heterocycles. The fourth-order valence-corrected chi connectivity index (χ4v) is 4.97. The van der Waals surface area contributed by atoms with Crippen LogP contribution in [-0.4, -0.2) is 23.3 Å². The average Bonchev–Trinajstić information content (AvgIpc) is 2.90. The Hall–Kier alpha value is -1.64. The number of fused-ring (bicyclic) bond motifs is 1. The van der Waals surface area contributed by atoms with Gasteiger partial charge in [0.25, 0.3) is 5.91 Å². The maximum atomic E-state index is 12.0. The molecule has 0 bridgehead atoms. The van der Waals surface area contributed by atoms with E-state index in [1.54, 1.807) is 6.21 Å². The van der Waals surface area contributed by atoms with Crippen LogP contribution in [0.5, 0.6) is 5.75 Å². The summed E-state index contributed by atoms with van der Waals surface area (Å²) in [5.41, 5.74) is 4.52. The van der Waals surface area contributed by atoms with Crippen molar-refractivity contribution >= 4 is 70.8 Å². The minimum absolute atomic E-state index is 0.147. The molecule has 26 heavy (non-hydrogen) atoms. The summed E-state index contributed by atoms with van der Waals surface area (Å²) in [6.07, 6.45) is 3.60. The highest BCUT2D eigenvalue weighted by Gasteiger charge is 2.10. The third kappa shape index (κ3) is 4.36. The van der Waals surface area contributed by atoms with Gasteiger partial charge in [-0.2, -0.15) is 5.10 Å². The van der Waals surface area contributed by atoms with E-state index in [4.69, 9.17) is 4.74 Å². The molecule has 0 unspecified atom stereocenters. The van der Waals surface area contributed by atoms with E-state index in [0.717, 1.165) is 29.9 Å². The summed E-state index contributed by atoms with van der Waals surface area (Å²) in [6, 6.07) is 11.7. The SMILES string of the molecule is Cn1cc(C=NNC(=O)COc2c(Br)cc(Br)cc2Br)c2ccccc21. The van der Waals surface area contributed by atoms with Gasteiger partial charge in [0, 0.05) is 34.2 Å². The summed E-state index contributed by atoms with van der Waals surface area (Å²) in [5.74, 6) is 0.213. The molecular formula is C18H14Br3N3O2. The molecule has 134 valence electrons. The number of halogens is 3. The van der Waals surface area contributed by atoms with Crippen molar-refractivity contribution in [3.05, 3.63) is 61.6 Å². The van der Waals surface area contributed by atoms with Gasteiger partial charge in [0.1, 0.15) is 5.75 Å². The van der Waals surface area contributed by atoms with Crippen LogP contribution in [0, 0.1) is 0 Å². The lowest BCUT2D eigenvalue weighted by atomic mass is 10.2. The first-order chi connectivity index (χ1) is 12.5. The van der Waals surface area contributed by atoms with Gasteiger partial charge in [0.15, 0.2) is 6.61 Å². The molecule has 0 atom stereocenters. The predicted molar refractivity (Wildman–Crippen MR) is 114 cm³/mol. The molecule has 0 fully saturated rings. The summed E-state index contributed by atoms with van der Waals surface area (Å²) in [4.78, 5) is 12.0. The third-order valence-corrected chi connectivity index (χ3v) is 5.27. The maximum Gasteiger partial charge on any atom is 0.277 e. The summed E-state index contributed by atoms with van der Waals surface area (Å²) in [5, 5.41) is 5.10. The summed E-state index contributed by atoms with van der Waals surface area (Å²) >= 11 is 10.2. The molecular weight excluding hydrogens is 530 g/mol. The Labute approximate surface area is 175 Å². The number of hydrogen-bond acceptors (Lipinski definition) is 3. The number of aryl methyl sites for hydroxylation is 1. The molecule has 0 aliphatic rings. The summed E-state index contributed by atoms with van der Waals surface area (Å²) in [7, 11) is 1.97. The molecule has 1 N–H and O–H groups in total. The van der Waals surface area contributed by atoms with Gasteiger partial charge < -0.3 is 9.30 Å². The van der Waals surface area contributed by atoms with E-state index in [0.29, 0.717) is 5.75 Å². The molecule has 0 aliphatic carbocycles. The van der Waals surface area contributed by atoms with Crippen LogP contribution in [0.4, 0.5) is 0 Å². The molecule has 0 radical (unpaired) electrons. The van der Waals surface area contributed by atoms with E-state index in [1.807, 2.05) is 54.2 Å². The molecule has 3 aromatic rings. The van der Waals surface area contributed by atoms with Crippen LogP contribution in [0.25, 0.3) is 10.9 Å². The normalized spacial score (nSPS) is 11.2. The van der Waals surface area contributed by atoms with Crippen molar-refractivity contribution in [2.24, 2.45) is 12.1 Å². The maximum absolute atomic E-state index is 12.0. The first-order valence-corrected chi connectivity index (χ1v) is 9.97. The van der Waals surface area contributed by atoms with Crippen LogP contribution in [0.2, 0.25) is 0 Å². The van der Waals surface area contributed by atoms with Crippen LogP contribution in [-0.2, 0) is 11.8 Å². The number of aromatic nitrogens is 1. The highest BCUT2D eigenvalue weighted by molar-refractivity contribution is 9.11. The Balaban J connectivity index is 1.61. The molecule has 1 heterocycles. The zero-order chi connectivity index (χ0) is 18.7. The monoisotopic (exact) mass is 541 g/mol. The van der Waals surface area contributed by atoms with Crippen molar-refractivity contribution in [2.75, 3.05) is 6.61 Å². The topological polar surface area (TPSA) is 55.6 Å². The molecule has 0 saturated carbocycles. The fraction of sp³-hybridized carbons (Fsp3) is 0.111. The minimum atomic E-state index is -0.344. The first-order valence-electron chi connectivity index (χ1n) is 7.59. The van der Waals surface area contributed by atoms with Gasteiger partial charge in [0.05, 0.1) is 15.2 Å². The highest BCUT2D eigenvalue weighted by atomic mass is 79.9. The smallest absolute Gasteiger partial charge is 0.277 e. The molecule has 2 aromatic carbocycles. The molecule has 5 nitrogen and oxygen atoms in total. The molecule has 0 spiro atoms. The standard InChI is InChI=1S/C18H14Br3N3O2/c1-24-9-11(13-4-2-3-5-16(13)24)8-22-23-17(25)10-26-18-14(20)6-12(19)7-15(18)21/h2-9H,10H2,1H3,(H,23,25). The molecule has 1 amide bonds. The van der Waals surface area contributed by atoms with E-state index in [-0.39, 0.29) is 12.5 Å². The number of para-hydroxylation sites is 1. The number of nitrogens with zero attached hydrogens (tertiary/aromatic N) is 2. The van der Waals surface area contributed by atoms with E-state index in [9.17, 15) is 4.79 Å². The Morgan fingerprint density at radius 1 is 1.23 bits per heavy atom. The zero-order valence-electron chi connectivity index (χ0n) is 13.7. The Bertz CT molecular complexity index is 976. The van der Waals surface area contributed by atoms with Gasteiger partial charge in [-0.25, -0.2) is 5.43 Å². The van der Waals surface area contributed by atoms with Gasteiger partial charge >= 0.3 is 0 Å². The second kappa shape index (κ2) is 8.37. The van der Waals surface area contributed by atoms with Gasteiger partial charge in [-0.15, -0.1) is 0 Å². The van der Waals surface area contributed by atoms with Crippen molar-refractivity contribution in [1.82, 2.24) is 9.99 Å². The predicted octanol–water partition coefficient (Wildman–Crippen LogP) is 4.99. The number of hydrogen-bond donors (Lipinski definition) is 1. The summed E-state index contributed by atoms with van der Waals surface area (Å²) < 4.78 is 9.95. The second-order valence-corrected chi connectivity index (χ2v) is 8.12. The third-order valence-electron chi connectivity index (χ3n) is 3.63. The lowest BCUT2D eigenvalue weighted by Gasteiger charge is -2.09. The molecule has 0 aliphatic heterocycles. The molecule has 8 heteroatoms. The van der Waals surface area contributed by atoms with Crippen LogP contribution < -0.4 is 10.2 Å². The van der Waals surface area contributed by atoms with Gasteiger partial charge in [-0.1, -0.05) is 34.1 Å². The number of benzene rings is 2. The number of carbonyl (C=O) groups is 1. The second-order valence-electron chi connectivity index (χ2n) is 5.49.